The molecule has 5 rings (SSSR count). The quantitative estimate of drug-likeness (QED) is 0.173. The summed E-state index contributed by atoms with van der Waals surface area (Å²) < 4.78 is 37.8. The number of thioether (sulfide) groups is 1. The minimum Gasteiger partial charge on any atom is -0.477 e. The van der Waals surface area contributed by atoms with Crippen molar-refractivity contribution in [1.82, 2.24) is 20.1 Å². The van der Waals surface area contributed by atoms with Crippen molar-refractivity contribution < 1.29 is 42.3 Å². The molecule has 12 nitrogen and oxygen atoms in total. The Morgan fingerprint density at radius 2 is 2.02 bits per heavy atom. The molecule has 3 amide bonds. The molecule has 1 saturated carbocycles. The molecule has 2 atom stereocenters. The first-order chi connectivity index (χ1) is 18.9. The van der Waals surface area contributed by atoms with Crippen molar-refractivity contribution in [1.29, 1.82) is 0 Å². The number of rotatable bonds is 8. The van der Waals surface area contributed by atoms with Crippen LogP contribution in [-0.4, -0.2) is 91.8 Å². The lowest BCUT2D eigenvalue weighted by Gasteiger charge is -2.49. The van der Waals surface area contributed by atoms with E-state index in [0.717, 1.165) is 53.7 Å². The first-order valence-electron chi connectivity index (χ1n) is 12.2. The smallest absolute Gasteiger partial charge is 0.406 e. The topological polar surface area (TPSA) is 168 Å². The second-order valence-corrected chi connectivity index (χ2v) is 11.5. The number of carbonyl (C=O) groups is 4. The molecule has 4 N–H and O–H groups in total. The Bertz CT molecular complexity index is 1350. The zero-order chi connectivity index (χ0) is 28.8. The van der Waals surface area contributed by atoms with E-state index in [4.69, 9.17) is 10.6 Å². The van der Waals surface area contributed by atoms with Gasteiger partial charge in [-0.2, -0.15) is 13.2 Å². The number of amides is 3. The van der Waals surface area contributed by atoms with E-state index in [1.165, 1.54) is 11.5 Å². The zero-order valence-corrected chi connectivity index (χ0v) is 22.3. The molecule has 3 fully saturated rings. The van der Waals surface area contributed by atoms with Gasteiger partial charge >= 0.3 is 12.1 Å². The maximum Gasteiger partial charge on any atom is 0.406 e. The summed E-state index contributed by atoms with van der Waals surface area (Å²) in [7, 11) is 0. The van der Waals surface area contributed by atoms with Crippen LogP contribution in [0.15, 0.2) is 33.5 Å². The number of thiazole rings is 1. The number of nitrogens with zero attached hydrogens (tertiary/aromatic N) is 4. The van der Waals surface area contributed by atoms with Crippen molar-refractivity contribution in [2.45, 2.75) is 49.4 Å². The highest BCUT2D eigenvalue weighted by atomic mass is 32.2. The van der Waals surface area contributed by atoms with Gasteiger partial charge in [0.1, 0.15) is 35.5 Å². The van der Waals surface area contributed by atoms with E-state index in [9.17, 15) is 37.5 Å². The summed E-state index contributed by atoms with van der Waals surface area (Å²) in [4.78, 5) is 61.6. The Morgan fingerprint density at radius 3 is 2.62 bits per heavy atom. The second kappa shape index (κ2) is 10.8. The molecule has 4 heterocycles. The summed E-state index contributed by atoms with van der Waals surface area (Å²) in [5, 5.41) is 17.4. The van der Waals surface area contributed by atoms with Gasteiger partial charge < -0.3 is 25.9 Å². The second-order valence-electron chi connectivity index (χ2n) is 9.51. The van der Waals surface area contributed by atoms with Gasteiger partial charge in [0.05, 0.1) is 6.54 Å². The van der Waals surface area contributed by atoms with Gasteiger partial charge in [-0.05, 0) is 37.3 Å². The van der Waals surface area contributed by atoms with Crippen LogP contribution in [0, 0.1) is 0 Å². The molecule has 0 unspecified atom stereocenters. The Balaban J connectivity index is 1.31. The SMILES string of the molecule is Nc1nc(/C(=N/OC2CCCC2)C(=O)N[C@@H]2C(=O)N3C(C(=O)O)=C(C=C4CN(CC(F)(F)F)C4=O)CS[C@H]23)cs1. The first-order valence-corrected chi connectivity index (χ1v) is 14.1. The number of carboxylic acid groups (broad SMARTS) is 1. The van der Waals surface area contributed by atoms with Crippen LogP contribution in [0.1, 0.15) is 31.4 Å². The van der Waals surface area contributed by atoms with Crippen molar-refractivity contribution in [2.75, 3.05) is 24.6 Å². The molecule has 0 bridgehead atoms. The fourth-order valence-electron chi connectivity index (χ4n) is 4.80. The number of carbonyl (C=O) groups excluding carboxylic acids is 3. The minimum atomic E-state index is -4.55. The average Bonchev–Trinajstić information content (AvgIpc) is 3.57. The largest absolute Gasteiger partial charge is 0.477 e. The van der Waals surface area contributed by atoms with E-state index in [1.807, 2.05) is 0 Å². The van der Waals surface area contributed by atoms with Crippen LogP contribution in [0.3, 0.4) is 0 Å². The fourth-order valence-corrected chi connectivity index (χ4v) is 6.66. The number of aromatic nitrogens is 1. The molecular formula is C23H23F3N6O6S2. The highest BCUT2D eigenvalue weighted by molar-refractivity contribution is 8.00. The van der Waals surface area contributed by atoms with Gasteiger partial charge in [0, 0.05) is 16.7 Å². The fraction of sp³-hybridized carbons (Fsp3) is 0.478. The van der Waals surface area contributed by atoms with E-state index in [-0.39, 0.29) is 51.8 Å². The number of allylic oxidation sites excluding steroid dienone is 1. The Hall–Kier alpha value is -3.60. The average molecular weight is 601 g/mol. The maximum absolute atomic E-state index is 13.2. The Morgan fingerprint density at radius 1 is 1.30 bits per heavy atom. The number of carboxylic acids is 1. The molecule has 1 aromatic rings. The number of fused-ring (bicyclic) bond motifs is 1. The number of aliphatic carboxylic acids is 1. The number of nitrogens with two attached hydrogens (primary N) is 1. The molecule has 3 aliphatic heterocycles. The molecule has 4 aliphatic rings. The molecule has 17 heteroatoms. The lowest BCUT2D eigenvalue weighted by Crippen LogP contribution is -2.71. The maximum atomic E-state index is 13.2. The van der Waals surface area contributed by atoms with E-state index in [0.29, 0.717) is 4.90 Å². The molecule has 0 radical (unpaired) electrons. The van der Waals surface area contributed by atoms with Gasteiger partial charge in [-0.1, -0.05) is 5.16 Å². The first kappa shape index (κ1) is 27.9. The van der Waals surface area contributed by atoms with Crippen LogP contribution in [-0.2, 0) is 24.0 Å². The van der Waals surface area contributed by atoms with E-state index >= 15 is 0 Å². The van der Waals surface area contributed by atoms with Crippen LogP contribution in [0.2, 0.25) is 0 Å². The van der Waals surface area contributed by atoms with E-state index in [1.54, 1.807) is 0 Å². The summed E-state index contributed by atoms with van der Waals surface area (Å²) >= 11 is 2.24. The van der Waals surface area contributed by atoms with Crippen molar-refractivity contribution in [3.8, 4) is 0 Å². The van der Waals surface area contributed by atoms with Gasteiger partial charge in [0.2, 0.25) is 0 Å². The summed E-state index contributed by atoms with van der Waals surface area (Å²) in [6.45, 7) is -1.69. The van der Waals surface area contributed by atoms with Crippen LogP contribution < -0.4 is 11.1 Å². The standard InChI is InChI=1S/C23H23F3N6O6S2/c24-23(25,26)9-31-6-10(18(31)34)5-11-7-39-20-15(19(35)32(20)16(11)21(36)37)29-17(33)14(13-8-40-22(27)28-13)30-38-12-3-1-2-4-12/h5,8,12,15,20H,1-4,6-7,9H2,(H2,27,28)(H,29,33)(H,36,37)/b10-5?,30-14-/t15-,20-/m1/s1. The zero-order valence-electron chi connectivity index (χ0n) is 20.6. The number of alkyl halides is 3. The Kier molecular flexibility index (Phi) is 7.52. The van der Waals surface area contributed by atoms with Crippen molar-refractivity contribution in [3.63, 3.8) is 0 Å². The number of oxime groups is 1. The molecule has 0 spiro atoms. The van der Waals surface area contributed by atoms with Crippen molar-refractivity contribution in [2.24, 2.45) is 5.16 Å². The van der Waals surface area contributed by atoms with Crippen LogP contribution in [0.5, 0.6) is 0 Å². The number of β-lactam (4-membered cyclic amide) rings is 2. The number of hydrogen-bond donors (Lipinski definition) is 3. The number of hydrogen-bond acceptors (Lipinski definition) is 10. The Labute approximate surface area is 233 Å². The highest BCUT2D eigenvalue weighted by Gasteiger charge is 2.54. The predicted octanol–water partition coefficient (Wildman–Crippen LogP) is 1.46. The minimum absolute atomic E-state index is 0.0144. The van der Waals surface area contributed by atoms with Gasteiger partial charge in [-0.3, -0.25) is 19.3 Å². The number of nitrogens with one attached hydrogen (secondary N) is 1. The van der Waals surface area contributed by atoms with Crippen molar-refractivity contribution >= 4 is 57.6 Å². The van der Waals surface area contributed by atoms with Crippen LogP contribution >= 0.6 is 23.1 Å². The number of nitrogen functional groups attached to an aromatic ring is 1. The summed E-state index contributed by atoms with van der Waals surface area (Å²) in [6, 6.07) is -1.08. The summed E-state index contributed by atoms with van der Waals surface area (Å²) in [5.41, 5.74) is 5.45. The molecular weight excluding hydrogens is 577 g/mol. The third kappa shape index (κ3) is 5.52. The number of likely N-dealkylation sites (tertiary alicyclic amines) is 1. The van der Waals surface area contributed by atoms with Crippen LogP contribution in [0.4, 0.5) is 18.3 Å². The third-order valence-electron chi connectivity index (χ3n) is 6.70. The number of halogens is 3. The molecule has 214 valence electrons. The van der Waals surface area contributed by atoms with Gasteiger partial charge in [0.15, 0.2) is 10.8 Å². The molecule has 2 saturated heterocycles. The molecule has 1 aliphatic carbocycles. The van der Waals surface area contributed by atoms with Crippen molar-refractivity contribution in [3.05, 3.63) is 34.0 Å². The predicted molar refractivity (Wildman–Crippen MR) is 137 cm³/mol. The van der Waals surface area contributed by atoms with Gasteiger partial charge in [-0.25, -0.2) is 9.78 Å². The van der Waals surface area contributed by atoms with Gasteiger partial charge in [-0.15, -0.1) is 23.1 Å². The highest BCUT2D eigenvalue weighted by Crippen LogP contribution is 2.41. The summed E-state index contributed by atoms with van der Waals surface area (Å²) in [6.07, 6.45) is 0.0704. The summed E-state index contributed by atoms with van der Waals surface area (Å²) in [5.74, 6) is -3.70. The monoisotopic (exact) mass is 600 g/mol. The third-order valence-corrected chi connectivity index (χ3v) is 8.68. The normalized spacial score (nSPS) is 24.7. The van der Waals surface area contributed by atoms with Gasteiger partial charge in [0.25, 0.3) is 17.7 Å². The lowest BCUT2D eigenvalue weighted by molar-refractivity contribution is -0.164. The van der Waals surface area contributed by atoms with E-state index < -0.39 is 47.8 Å². The van der Waals surface area contributed by atoms with Crippen LogP contribution in [0.25, 0.3) is 0 Å². The van der Waals surface area contributed by atoms with E-state index in [2.05, 4.69) is 15.5 Å². The lowest BCUT2D eigenvalue weighted by atomic mass is 9.99. The molecule has 40 heavy (non-hydrogen) atoms. The molecule has 1 aromatic heterocycles. The number of anilines is 1. The molecule has 0 aromatic carbocycles.